The van der Waals surface area contributed by atoms with Crippen molar-refractivity contribution in [3.63, 3.8) is 0 Å². The first kappa shape index (κ1) is 17.5. The molecule has 0 bridgehead atoms. The first-order chi connectivity index (χ1) is 12.5. The predicted molar refractivity (Wildman–Crippen MR) is 93.0 cm³/mol. The summed E-state index contributed by atoms with van der Waals surface area (Å²) in [7, 11) is 1.17. The number of nitrogens with zero attached hydrogens (tertiary/aromatic N) is 3. The molecule has 0 saturated heterocycles. The van der Waals surface area contributed by atoms with E-state index in [4.69, 9.17) is 0 Å². The highest BCUT2D eigenvalue weighted by Crippen LogP contribution is 2.21. The molecule has 0 spiro atoms. The largest absolute Gasteiger partial charge is 0.459 e. The van der Waals surface area contributed by atoms with Gasteiger partial charge in [0.05, 0.1) is 18.8 Å². The summed E-state index contributed by atoms with van der Waals surface area (Å²) in [4.78, 5) is 36.9. The molecule has 1 aromatic carbocycles. The van der Waals surface area contributed by atoms with Crippen molar-refractivity contribution in [3.05, 3.63) is 63.5 Å². The van der Waals surface area contributed by atoms with E-state index in [0.29, 0.717) is 5.69 Å². The van der Waals surface area contributed by atoms with Crippen LogP contribution in [0.5, 0.6) is 0 Å². The van der Waals surface area contributed by atoms with Gasteiger partial charge >= 0.3 is 17.3 Å². The van der Waals surface area contributed by atoms with Gasteiger partial charge in [-0.05, 0) is 19.1 Å². The third kappa shape index (κ3) is 2.89. The van der Waals surface area contributed by atoms with Gasteiger partial charge in [0.1, 0.15) is 12.1 Å². The fraction of sp³-hybridized carbons (Fsp3) is 0.278. The second-order valence-corrected chi connectivity index (χ2v) is 5.75. The normalized spacial score (nSPS) is 19.2. The molecule has 0 saturated carbocycles. The zero-order valence-corrected chi connectivity index (χ0v) is 14.2. The number of esters is 1. The lowest BCUT2D eigenvalue weighted by molar-refractivity contribution is -0.133. The molecule has 1 aliphatic rings. The van der Waals surface area contributed by atoms with E-state index in [9.17, 15) is 19.5 Å². The van der Waals surface area contributed by atoms with Crippen molar-refractivity contribution in [2.75, 3.05) is 7.11 Å². The molecule has 3 atom stereocenters. The zero-order valence-electron chi connectivity index (χ0n) is 14.2. The summed E-state index contributed by atoms with van der Waals surface area (Å²) in [6, 6.07) is 7.23. The molecule has 0 aliphatic carbocycles. The maximum Gasteiger partial charge on any atom is 0.384 e. The molecule has 1 aliphatic heterocycles. The van der Waals surface area contributed by atoms with Crippen molar-refractivity contribution in [2.45, 2.75) is 25.1 Å². The van der Waals surface area contributed by atoms with Gasteiger partial charge in [0, 0.05) is 5.92 Å². The van der Waals surface area contributed by atoms with E-state index in [0.717, 1.165) is 9.25 Å². The van der Waals surface area contributed by atoms with Crippen molar-refractivity contribution < 1.29 is 14.6 Å². The SMILES string of the molecule is COC(=O)C#CC(O)C1C=CC(C)n2c(=O)n(-c3ccccc3)c(=O)n21. The van der Waals surface area contributed by atoms with Crippen LogP contribution in [0.1, 0.15) is 19.0 Å². The Morgan fingerprint density at radius 1 is 1.15 bits per heavy atom. The van der Waals surface area contributed by atoms with Crippen molar-refractivity contribution >= 4 is 5.97 Å². The van der Waals surface area contributed by atoms with Gasteiger partial charge in [0.2, 0.25) is 0 Å². The van der Waals surface area contributed by atoms with Crippen LogP contribution in [-0.2, 0) is 9.53 Å². The molecule has 8 heteroatoms. The molecule has 8 nitrogen and oxygen atoms in total. The summed E-state index contributed by atoms with van der Waals surface area (Å²) in [6.45, 7) is 1.76. The number of methoxy groups -OCH3 is 1. The Balaban J connectivity index is 2.14. The number of aliphatic hydroxyl groups is 1. The van der Waals surface area contributed by atoms with E-state index >= 15 is 0 Å². The lowest BCUT2D eigenvalue weighted by atomic mass is 10.1. The molecule has 3 unspecified atom stereocenters. The van der Waals surface area contributed by atoms with E-state index in [2.05, 4.69) is 16.6 Å². The predicted octanol–water partition coefficient (Wildman–Crippen LogP) is 0.00990. The third-order valence-corrected chi connectivity index (χ3v) is 4.11. The van der Waals surface area contributed by atoms with E-state index in [1.165, 1.54) is 11.8 Å². The minimum absolute atomic E-state index is 0.378. The van der Waals surface area contributed by atoms with E-state index in [1.54, 1.807) is 49.4 Å². The maximum atomic E-state index is 12.9. The molecule has 3 rings (SSSR count). The smallest absolute Gasteiger partial charge is 0.384 e. The highest BCUT2D eigenvalue weighted by Gasteiger charge is 2.30. The molecular weight excluding hydrogens is 338 g/mol. The monoisotopic (exact) mass is 355 g/mol. The molecule has 2 heterocycles. The second-order valence-electron chi connectivity index (χ2n) is 5.75. The number of hydrogen-bond donors (Lipinski definition) is 1. The number of carbonyl (C=O) groups excluding carboxylic acids is 1. The number of aliphatic hydroxyl groups excluding tert-OH is 1. The first-order valence-electron chi connectivity index (χ1n) is 7.93. The number of benzene rings is 1. The van der Waals surface area contributed by atoms with Crippen LogP contribution in [0.25, 0.3) is 5.69 Å². The topological polar surface area (TPSA) is 95.5 Å². The Labute approximate surface area is 148 Å². The molecule has 0 fully saturated rings. The molecule has 26 heavy (non-hydrogen) atoms. The van der Waals surface area contributed by atoms with Gasteiger partial charge in [-0.15, -0.1) is 0 Å². The minimum atomic E-state index is -1.37. The summed E-state index contributed by atoms with van der Waals surface area (Å²) in [5.74, 6) is 3.69. The Morgan fingerprint density at radius 3 is 2.46 bits per heavy atom. The van der Waals surface area contributed by atoms with Crippen molar-refractivity contribution in [1.82, 2.24) is 13.9 Å². The lowest BCUT2D eigenvalue weighted by Crippen LogP contribution is -2.38. The Hall–Kier alpha value is -3.31. The molecular formula is C18H17N3O5. The highest BCUT2D eigenvalue weighted by atomic mass is 16.5. The van der Waals surface area contributed by atoms with Gasteiger partial charge < -0.3 is 9.84 Å². The summed E-state index contributed by atoms with van der Waals surface area (Å²) >= 11 is 0. The first-order valence-corrected chi connectivity index (χ1v) is 7.93. The molecule has 134 valence electrons. The van der Waals surface area contributed by atoms with Crippen LogP contribution in [0.15, 0.2) is 52.1 Å². The number of fused-ring (bicyclic) bond motifs is 1. The van der Waals surface area contributed by atoms with Crippen LogP contribution in [0.4, 0.5) is 0 Å². The quantitative estimate of drug-likeness (QED) is 0.354. The van der Waals surface area contributed by atoms with Crippen LogP contribution in [0.2, 0.25) is 0 Å². The molecule has 0 amide bonds. The maximum absolute atomic E-state index is 12.9. The van der Waals surface area contributed by atoms with Gasteiger partial charge in [-0.1, -0.05) is 36.3 Å². The molecule has 1 N–H and O–H groups in total. The fourth-order valence-electron chi connectivity index (χ4n) is 2.86. The zero-order chi connectivity index (χ0) is 18.8. The summed E-state index contributed by atoms with van der Waals surface area (Å²) in [5.41, 5.74) is -0.685. The van der Waals surface area contributed by atoms with E-state index in [1.807, 2.05) is 0 Å². The van der Waals surface area contributed by atoms with Crippen molar-refractivity contribution in [1.29, 1.82) is 0 Å². The lowest BCUT2D eigenvalue weighted by Gasteiger charge is -2.25. The van der Waals surface area contributed by atoms with Crippen LogP contribution >= 0.6 is 0 Å². The number of para-hydroxylation sites is 1. The van der Waals surface area contributed by atoms with Crippen molar-refractivity contribution in [3.8, 4) is 17.5 Å². The number of aromatic nitrogens is 3. The molecule has 1 aromatic heterocycles. The second kappa shape index (κ2) is 6.90. The summed E-state index contributed by atoms with van der Waals surface area (Å²) in [6.07, 6.45) is 1.93. The van der Waals surface area contributed by atoms with Crippen LogP contribution in [-0.4, -0.2) is 38.2 Å². The highest BCUT2D eigenvalue weighted by molar-refractivity contribution is 5.88. The average molecular weight is 355 g/mol. The average Bonchev–Trinajstić information content (AvgIpc) is 2.92. The fourth-order valence-corrected chi connectivity index (χ4v) is 2.86. The number of carbonyl (C=O) groups is 1. The van der Waals surface area contributed by atoms with Crippen LogP contribution in [0.3, 0.4) is 0 Å². The van der Waals surface area contributed by atoms with Crippen LogP contribution in [0, 0.1) is 11.8 Å². The summed E-state index contributed by atoms with van der Waals surface area (Å²) in [5, 5.41) is 10.3. The Morgan fingerprint density at radius 2 is 1.81 bits per heavy atom. The molecule has 0 radical (unpaired) electrons. The Kier molecular flexibility index (Phi) is 4.65. The van der Waals surface area contributed by atoms with Gasteiger partial charge in [0.25, 0.3) is 0 Å². The standard InChI is InChI=1S/C18H17N3O5/c1-12-8-9-14(15(22)10-11-16(23)26-2)21-18(25)19(17(24)20(12)21)13-6-4-3-5-7-13/h3-9,12,14-15,22H,1-2H3. The number of hydrogen-bond acceptors (Lipinski definition) is 5. The minimum Gasteiger partial charge on any atom is -0.459 e. The molecule has 2 aromatic rings. The van der Waals surface area contributed by atoms with E-state index < -0.39 is 29.5 Å². The van der Waals surface area contributed by atoms with Gasteiger partial charge in [-0.25, -0.2) is 28.3 Å². The number of allylic oxidation sites excluding steroid dienone is 1. The summed E-state index contributed by atoms with van der Waals surface area (Å²) < 4.78 is 7.88. The third-order valence-electron chi connectivity index (χ3n) is 4.11. The van der Waals surface area contributed by atoms with Crippen molar-refractivity contribution in [2.24, 2.45) is 0 Å². The van der Waals surface area contributed by atoms with Gasteiger partial charge in [-0.2, -0.15) is 0 Å². The van der Waals surface area contributed by atoms with Crippen LogP contribution < -0.4 is 11.4 Å². The Bertz CT molecular complexity index is 1030. The van der Waals surface area contributed by atoms with Gasteiger partial charge in [-0.3, -0.25) is 0 Å². The van der Waals surface area contributed by atoms with E-state index in [-0.39, 0.29) is 6.04 Å². The van der Waals surface area contributed by atoms with Gasteiger partial charge in [0.15, 0.2) is 0 Å². The number of rotatable bonds is 2. The number of ether oxygens (including phenoxy) is 1.